The van der Waals surface area contributed by atoms with Gasteiger partial charge < -0.3 is 10.1 Å². The van der Waals surface area contributed by atoms with E-state index in [0.717, 1.165) is 4.47 Å². The van der Waals surface area contributed by atoms with Gasteiger partial charge in [0.1, 0.15) is 11.5 Å². The lowest BCUT2D eigenvalue weighted by Crippen LogP contribution is -2.32. The highest BCUT2D eigenvalue weighted by Gasteiger charge is 2.19. The summed E-state index contributed by atoms with van der Waals surface area (Å²) in [4.78, 5) is 22.9. The second kappa shape index (κ2) is 5.83. The van der Waals surface area contributed by atoms with Gasteiger partial charge in [-0.05, 0) is 18.2 Å². The van der Waals surface area contributed by atoms with Crippen LogP contribution in [0.15, 0.2) is 27.8 Å². The van der Waals surface area contributed by atoms with E-state index in [9.17, 15) is 9.59 Å². The number of halogens is 1. The summed E-state index contributed by atoms with van der Waals surface area (Å²) in [5.74, 6) is 0.0185. The van der Waals surface area contributed by atoms with Crippen molar-refractivity contribution in [1.29, 1.82) is 0 Å². The van der Waals surface area contributed by atoms with Crippen LogP contribution >= 0.6 is 15.9 Å². The summed E-state index contributed by atoms with van der Waals surface area (Å²) in [5, 5.41) is 6.45. The summed E-state index contributed by atoms with van der Waals surface area (Å²) >= 11 is 3.33. The molecule has 2 amide bonds. The highest BCUT2D eigenvalue weighted by molar-refractivity contribution is 9.10. The van der Waals surface area contributed by atoms with Gasteiger partial charge in [-0.25, -0.2) is 5.43 Å². The number of hydrogen-bond donors (Lipinski definition) is 2. The number of carbonyl (C=O) groups is 2. The van der Waals surface area contributed by atoms with Crippen molar-refractivity contribution in [2.45, 2.75) is 12.8 Å². The first-order chi connectivity index (χ1) is 9.10. The van der Waals surface area contributed by atoms with E-state index in [1.807, 2.05) is 6.07 Å². The zero-order valence-electron chi connectivity index (χ0n) is 10.2. The Morgan fingerprint density at radius 3 is 2.89 bits per heavy atom. The van der Waals surface area contributed by atoms with Gasteiger partial charge in [0.2, 0.25) is 5.91 Å². The minimum absolute atomic E-state index is 0.184. The molecule has 2 N–H and O–H groups in total. The Labute approximate surface area is 118 Å². The number of carbonyl (C=O) groups excluding carboxylic acids is 2. The highest BCUT2D eigenvalue weighted by Crippen LogP contribution is 2.27. The largest absolute Gasteiger partial charge is 0.495 e. The zero-order chi connectivity index (χ0) is 13.8. The molecule has 2 rings (SSSR count). The summed E-state index contributed by atoms with van der Waals surface area (Å²) < 4.78 is 5.98. The predicted octanol–water partition coefficient (Wildman–Crippen LogP) is 1.66. The van der Waals surface area contributed by atoms with E-state index in [0.29, 0.717) is 23.6 Å². The molecule has 1 aliphatic heterocycles. The third-order valence-corrected chi connectivity index (χ3v) is 3.07. The van der Waals surface area contributed by atoms with E-state index in [4.69, 9.17) is 4.74 Å². The third-order valence-electron chi connectivity index (χ3n) is 2.58. The fraction of sp³-hybridized carbons (Fsp3) is 0.250. The number of methoxy groups -OCH3 is 1. The van der Waals surface area contributed by atoms with Crippen LogP contribution < -0.4 is 15.5 Å². The molecule has 1 heterocycles. The van der Waals surface area contributed by atoms with Crippen LogP contribution in [0.25, 0.3) is 0 Å². The molecule has 0 atom stereocenters. The van der Waals surface area contributed by atoms with Gasteiger partial charge in [-0.2, -0.15) is 5.10 Å². The molecule has 0 fully saturated rings. The molecule has 1 aromatic carbocycles. The summed E-state index contributed by atoms with van der Waals surface area (Å²) in [6, 6.07) is 5.29. The Bertz CT molecular complexity index is 557. The molecule has 0 aromatic heterocycles. The molecule has 19 heavy (non-hydrogen) atoms. The first-order valence-electron chi connectivity index (χ1n) is 5.60. The lowest BCUT2D eigenvalue weighted by atomic mass is 10.1. The van der Waals surface area contributed by atoms with Crippen molar-refractivity contribution >= 4 is 39.1 Å². The monoisotopic (exact) mass is 325 g/mol. The number of benzene rings is 1. The Morgan fingerprint density at radius 1 is 1.47 bits per heavy atom. The second-order valence-corrected chi connectivity index (χ2v) is 4.81. The van der Waals surface area contributed by atoms with E-state index >= 15 is 0 Å². The first-order valence-corrected chi connectivity index (χ1v) is 6.39. The summed E-state index contributed by atoms with van der Waals surface area (Å²) in [7, 11) is 1.53. The molecule has 0 unspecified atom stereocenters. The Hall–Kier alpha value is -1.89. The standard InChI is InChI=1S/C12H12BrN3O3/c1-19-10-4-2-7(13)6-9(10)14-12(18)8-3-5-11(17)16-15-8/h2,4,6H,3,5H2,1H3,(H,14,18)(H,16,17). The van der Waals surface area contributed by atoms with Gasteiger partial charge in [-0.15, -0.1) is 0 Å². The van der Waals surface area contributed by atoms with Gasteiger partial charge in [-0.3, -0.25) is 9.59 Å². The maximum Gasteiger partial charge on any atom is 0.271 e. The fourth-order valence-electron chi connectivity index (χ4n) is 1.61. The summed E-state index contributed by atoms with van der Waals surface area (Å²) in [6.45, 7) is 0. The van der Waals surface area contributed by atoms with Gasteiger partial charge in [0.25, 0.3) is 5.91 Å². The average Bonchev–Trinajstić information content (AvgIpc) is 2.39. The van der Waals surface area contributed by atoms with Crippen LogP contribution in [0.2, 0.25) is 0 Å². The van der Waals surface area contributed by atoms with Crippen LogP contribution in [0.4, 0.5) is 5.69 Å². The van der Waals surface area contributed by atoms with Gasteiger partial charge in [-0.1, -0.05) is 15.9 Å². The molecule has 0 spiro atoms. The van der Waals surface area contributed by atoms with Gasteiger partial charge in [0.15, 0.2) is 0 Å². The number of anilines is 1. The van der Waals surface area contributed by atoms with Crippen LogP contribution in [0.3, 0.4) is 0 Å². The quantitative estimate of drug-likeness (QED) is 0.887. The zero-order valence-corrected chi connectivity index (χ0v) is 11.8. The average molecular weight is 326 g/mol. The number of hydrazone groups is 1. The summed E-state index contributed by atoms with van der Waals surface area (Å²) in [5.41, 5.74) is 3.12. The van der Waals surface area contributed by atoms with Crippen LogP contribution in [0.1, 0.15) is 12.8 Å². The van der Waals surface area contributed by atoms with E-state index < -0.39 is 0 Å². The summed E-state index contributed by atoms with van der Waals surface area (Å²) in [6.07, 6.45) is 0.593. The molecule has 0 saturated heterocycles. The Balaban J connectivity index is 2.15. The molecule has 6 nitrogen and oxygen atoms in total. The molecule has 0 radical (unpaired) electrons. The van der Waals surface area contributed by atoms with E-state index in [2.05, 4.69) is 31.8 Å². The highest BCUT2D eigenvalue weighted by atomic mass is 79.9. The Kier molecular flexibility index (Phi) is 4.16. The van der Waals surface area contributed by atoms with Gasteiger partial charge in [0.05, 0.1) is 12.8 Å². The Morgan fingerprint density at radius 2 is 2.26 bits per heavy atom. The SMILES string of the molecule is COc1ccc(Br)cc1NC(=O)C1=NNC(=O)CC1. The maximum absolute atomic E-state index is 12.0. The number of hydrogen-bond acceptors (Lipinski definition) is 4. The van der Waals surface area contributed by atoms with Crippen molar-refractivity contribution in [3.8, 4) is 5.75 Å². The maximum atomic E-state index is 12.0. The molecule has 0 bridgehead atoms. The molecule has 100 valence electrons. The molecule has 7 heteroatoms. The van der Waals surface area contributed by atoms with E-state index in [-0.39, 0.29) is 18.2 Å². The van der Waals surface area contributed by atoms with Gasteiger partial charge >= 0.3 is 0 Å². The van der Waals surface area contributed by atoms with Crippen molar-refractivity contribution in [1.82, 2.24) is 5.43 Å². The number of rotatable bonds is 3. The van der Waals surface area contributed by atoms with E-state index in [1.165, 1.54) is 7.11 Å². The fourth-order valence-corrected chi connectivity index (χ4v) is 1.97. The third kappa shape index (κ3) is 3.31. The number of ether oxygens (including phenoxy) is 1. The van der Waals surface area contributed by atoms with E-state index in [1.54, 1.807) is 12.1 Å². The number of nitrogens with one attached hydrogen (secondary N) is 2. The molecule has 1 aliphatic rings. The lowest BCUT2D eigenvalue weighted by molar-refractivity contribution is -0.121. The van der Waals surface area contributed by atoms with Crippen molar-refractivity contribution in [3.05, 3.63) is 22.7 Å². The molecule has 0 saturated carbocycles. The minimum atomic E-state index is -0.351. The second-order valence-electron chi connectivity index (χ2n) is 3.89. The van der Waals surface area contributed by atoms with Crippen molar-refractivity contribution in [3.63, 3.8) is 0 Å². The lowest BCUT2D eigenvalue weighted by Gasteiger charge is -2.14. The molecular formula is C12H12BrN3O3. The van der Waals surface area contributed by atoms with Crippen molar-refractivity contribution in [2.24, 2.45) is 5.10 Å². The van der Waals surface area contributed by atoms with Crippen molar-refractivity contribution < 1.29 is 14.3 Å². The molecular weight excluding hydrogens is 314 g/mol. The van der Waals surface area contributed by atoms with Crippen LogP contribution in [-0.4, -0.2) is 24.6 Å². The topological polar surface area (TPSA) is 79.8 Å². The predicted molar refractivity (Wildman–Crippen MR) is 74.1 cm³/mol. The normalized spacial score (nSPS) is 14.4. The van der Waals surface area contributed by atoms with Crippen LogP contribution in [-0.2, 0) is 9.59 Å². The van der Waals surface area contributed by atoms with Crippen molar-refractivity contribution in [2.75, 3.05) is 12.4 Å². The minimum Gasteiger partial charge on any atom is -0.495 e. The van der Waals surface area contributed by atoms with Crippen LogP contribution in [0.5, 0.6) is 5.75 Å². The number of nitrogens with zero attached hydrogens (tertiary/aromatic N) is 1. The first kappa shape index (κ1) is 13.5. The van der Waals surface area contributed by atoms with Crippen LogP contribution in [0, 0.1) is 0 Å². The number of amides is 2. The molecule has 0 aliphatic carbocycles. The smallest absolute Gasteiger partial charge is 0.271 e. The van der Waals surface area contributed by atoms with Gasteiger partial charge in [0, 0.05) is 17.3 Å². The molecule has 1 aromatic rings.